The van der Waals surface area contributed by atoms with Gasteiger partial charge in [-0.25, -0.2) is 10.3 Å². The lowest BCUT2D eigenvalue weighted by atomic mass is 9.93. The van der Waals surface area contributed by atoms with Crippen molar-refractivity contribution in [3.05, 3.63) is 0 Å². The monoisotopic (exact) mass is 219 g/mol. The van der Waals surface area contributed by atoms with Crippen LogP contribution in [0.3, 0.4) is 0 Å². The fourth-order valence-electron chi connectivity index (χ4n) is 1.00. The number of rotatable bonds is 4. The number of cyclic esters (lactones) is 2. The van der Waals surface area contributed by atoms with Gasteiger partial charge in [0.1, 0.15) is 25.2 Å². The zero-order valence-corrected chi connectivity index (χ0v) is 8.32. The van der Waals surface area contributed by atoms with Crippen molar-refractivity contribution < 1.29 is 29.0 Å². The molecule has 15 heavy (non-hydrogen) atoms. The van der Waals surface area contributed by atoms with Gasteiger partial charge in [-0.1, -0.05) is 0 Å². The molecule has 0 amide bonds. The third-order valence-corrected chi connectivity index (χ3v) is 1.96. The molecule has 0 atom stereocenters. The van der Waals surface area contributed by atoms with Gasteiger partial charge in [0, 0.05) is 0 Å². The summed E-state index contributed by atoms with van der Waals surface area (Å²) in [6.45, 7) is 1.64. The molecule has 86 valence electrons. The van der Waals surface area contributed by atoms with Gasteiger partial charge < -0.3 is 19.4 Å². The maximum Gasteiger partial charge on any atom is 0.508 e. The average molecular weight is 219 g/mol. The van der Waals surface area contributed by atoms with Crippen LogP contribution in [0.15, 0.2) is 0 Å². The molecule has 1 saturated heterocycles. The summed E-state index contributed by atoms with van der Waals surface area (Å²) in [7, 11) is 0. The molecule has 0 unspecified atom stereocenters. The maximum absolute atomic E-state index is 11.5. The molecule has 1 rings (SSSR count). The second kappa shape index (κ2) is 4.94. The first-order chi connectivity index (χ1) is 7.08. The molecule has 0 spiro atoms. The molecule has 0 aromatic rings. The molecule has 0 aromatic heterocycles. The quantitative estimate of drug-likeness (QED) is 0.380. The van der Waals surface area contributed by atoms with Crippen LogP contribution >= 0.6 is 0 Å². The summed E-state index contributed by atoms with van der Waals surface area (Å²) < 4.78 is 14.0. The van der Waals surface area contributed by atoms with Gasteiger partial charge in [-0.15, -0.1) is 0 Å². The van der Waals surface area contributed by atoms with E-state index >= 15 is 0 Å². The molecule has 0 radical (unpaired) electrons. The number of ether oxygens (including phenoxy) is 3. The van der Waals surface area contributed by atoms with Crippen molar-refractivity contribution in [3.63, 3.8) is 0 Å². The summed E-state index contributed by atoms with van der Waals surface area (Å²) in [6, 6.07) is 0. The largest absolute Gasteiger partial charge is 0.508 e. The third-order valence-electron chi connectivity index (χ3n) is 1.96. The zero-order valence-electron chi connectivity index (χ0n) is 8.32. The lowest BCUT2D eigenvalue weighted by molar-refractivity contribution is -0.166. The van der Waals surface area contributed by atoms with Crippen LogP contribution in [0.25, 0.3) is 0 Å². The minimum atomic E-state index is -0.969. The second-order valence-corrected chi connectivity index (χ2v) is 3.43. The minimum absolute atomic E-state index is 0.0405. The second-order valence-electron chi connectivity index (χ2n) is 3.43. The Kier molecular flexibility index (Phi) is 3.87. The Morgan fingerprint density at radius 1 is 1.60 bits per heavy atom. The van der Waals surface area contributed by atoms with Gasteiger partial charge in [0.15, 0.2) is 0 Å². The Balaban J connectivity index is 2.40. The molecule has 0 aromatic carbocycles. The number of hydroxylamine groups is 1. The van der Waals surface area contributed by atoms with Crippen LogP contribution in [0.2, 0.25) is 0 Å². The molecule has 2 N–H and O–H groups in total. The summed E-state index contributed by atoms with van der Waals surface area (Å²) >= 11 is 0. The number of carbonyl (C=O) groups excluding carboxylic acids is 2. The maximum atomic E-state index is 11.5. The van der Waals surface area contributed by atoms with Crippen molar-refractivity contribution in [2.45, 2.75) is 6.92 Å². The lowest BCUT2D eigenvalue weighted by Gasteiger charge is -2.29. The minimum Gasteiger partial charge on any atom is -0.464 e. The Morgan fingerprint density at radius 2 is 2.20 bits per heavy atom. The van der Waals surface area contributed by atoms with Crippen molar-refractivity contribution in [2.75, 3.05) is 26.4 Å². The highest BCUT2D eigenvalue weighted by Gasteiger charge is 2.41. The fraction of sp³-hybridized carbons (Fsp3) is 0.750. The number of carbonyl (C=O) groups is 2. The van der Waals surface area contributed by atoms with Crippen LogP contribution in [0.5, 0.6) is 0 Å². The van der Waals surface area contributed by atoms with Crippen LogP contribution in [0.4, 0.5) is 4.79 Å². The van der Waals surface area contributed by atoms with Crippen LogP contribution in [0, 0.1) is 5.41 Å². The van der Waals surface area contributed by atoms with E-state index in [1.807, 2.05) is 5.48 Å². The zero-order chi connectivity index (χ0) is 11.3. The average Bonchev–Trinajstić information content (AvgIpc) is 2.23. The molecule has 1 aliphatic heterocycles. The molecular weight excluding hydrogens is 206 g/mol. The van der Waals surface area contributed by atoms with Gasteiger partial charge >= 0.3 is 12.1 Å². The number of hydrogen-bond donors (Lipinski definition) is 2. The smallest absolute Gasteiger partial charge is 0.464 e. The summed E-state index contributed by atoms with van der Waals surface area (Å²) in [6.07, 6.45) is -0.780. The molecule has 7 heteroatoms. The van der Waals surface area contributed by atoms with E-state index in [1.165, 1.54) is 0 Å². The Bertz CT molecular complexity index is 244. The first-order valence-electron chi connectivity index (χ1n) is 4.42. The van der Waals surface area contributed by atoms with Crippen molar-refractivity contribution in [1.29, 1.82) is 0 Å². The highest BCUT2D eigenvalue weighted by Crippen LogP contribution is 2.23. The van der Waals surface area contributed by atoms with Crippen LogP contribution < -0.4 is 5.48 Å². The topological polar surface area (TPSA) is 94.1 Å². The van der Waals surface area contributed by atoms with E-state index in [0.717, 1.165) is 0 Å². The van der Waals surface area contributed by atoms with E-state index in [-0.39, 0.29) is 26.4 Å². The van der Waals surface area contributed by atoms with Crippen LogP contribution in [0.1, 0.15) is 6.92 Å². The highest BCUT2D eigenvalue weighted by atomic mass is 16.7. The number of esters is 1. The van der Waals surface area contributed by atoms with Crippen molar-refractivity contribution in [3.8, 4) is 0 Å². The van der Waals surface area contributed by atoms with Gasteiger partial charge in [-0.2, -0.15) is 0 Å². The Hall–Kier alpha value is -1.34. The summed E-state index contributed by atoms with van der Waals surface area (Å²) in [5, 5.41) is 8.25. The van der Waals surface area contributed by atoms with E-state index in [1.54, 1.807) is 6.92 Å². The Labute approximate surface area is 86.2 Å². The SMILES string of the molecule is CC1(C(=O)OCCNO)COC(=O)OC1. The van der Waals surface area contributed by atoms with Gasteiger partial charge in [0.2, 0.25) is 0 Å². The summed E-state index contributed by atoms with van der Waals surface area (Å²) in [5.41, 5.74) is 0.883. The number of hydrogen-bond acceptors (Lipinski definition) is 7. The molecule has 0 aliphatic carbocycles. The lowest BCUT2D eigenvalue weighted by Crippen LogP contribution is -2.44. The molecule has 0 bridgehead atoms. The first-order valence-corrected chi connectivity index (χ1v) is 4.42. The van der Waals surface area contributed by atoms with Crippen molar-refractivity contribution >= 4 is 12.1 Å². The van der Waals surface area contributed by atoms with Crippen molar-refractivity contribution in [2.24, 2.45) is 5.41 Å². The molecule has 0 saturated carbocycles. The fourth-order valence-corrected chi connectivity index (χ4v) is 1.00. The predicted molar refractivity (Wildman–Crippen MR) is 46.2 cm³/mol. The van der Waals surface area contributed by atoms with E-state index in [0.29, 0.717) is 0 Å². The van der Waals surface area contributed by atoms with E-state index in [2.05, 4.69) is 9.47 Å². The molecule has 1 heterocycles. The van der Waals surface area contributed by atoms with Gasteiger partial charge in [-0.3, -0.25) is 4.79 Å². The number of nitrogens with one attached hydrogen (secondary N) is 1. The normalized spacial score (nSPS) is 18.9. The van der Waals surface area contributed by atoms with E-state index < -0.39 is 17.5 Å². The Morgan fingerprint density at radius 3 is 2.73 bits per heavy atom. The van der Waals surface area contributed by atoms with Gasteiger partial charge in [0.05, 0.1) is 6.54 Å². The molecule has 7 nitrogen and oxygen atoms in total. The summed E-state index contributed by atoms with van der Waals surface area (Å²) in [5.74, 6) is -0.523. The van der Waals surface area contributed by atoms with Gasteiger partial charge in [0.25, 0.3) is 0 Å². The van der Waals surface area contributed by atoms with Crippen LogP contribution in [-0.4, -0.2) is 43.7 Å². The molecule has 1 aliphatic rings. The molecule has 1 fully saturated rings. The first kappa shape index (κ1) is 11.7. The third kappa shape index (κ3) is 3.07. The standard InChI is InChI=1S/C8H13NO6/c1-8(4-14-7(11)15-5-8)6(10)13-3-2-9-12/h9,12H,2-5H2,1H3. The molecular formula is C8H13NO6. The van der Waals surface area contributed by atoms with Crippen molar-refractivity contribution in [1.82, 2.24) is 5.48 Å². The van der Waals surface area contributed by atoms with Crippen LogP contribution in [-0.2, 0) is 19.0 Å². The van der Waals surface area contributed by atoms with E-state index in [4.69, 9.17) is 9.94 Å². The van der Waals surface area contributed by atoms with E-state index in [9.17, 15) is 9.59 Å². The highest BCUT2D eigenvalue weighted by molar-refractivity contribution is 5.78. The van der Waals surface area contributed by atoms with Gasteiger partial charge in [-0.05, 0) is 6.92 Å². The summed E-state index contributed by atoms with van der Waals surface area (Å²) in [4.78, 5) is 22.1. The predicted octanol–water partition coefficient (Wildman–Crippen LogP) is -0.319.